The second kappa shape index (κ2) is 12.4. The van der Waals surface area contributed by atoms with Crippen molar-refractivity contribution >= 4 is 39.1 Å². The molecular weight excluding hydrogens is 486 g/mol. The molecule has 0 unspecified atom stereocenters. The van der Waals surface area contributed by atoms with Crippen molar-refractivity contribution in [1.29, 1.82) is 0 Å². The molecule has 2 aromatic carbocycles. The minimum atomic E-state index is -3.78. The molecule has 0 aromatic heterocycles. The van der Waals surface area contributed by atoms with E-state index in [0.717, 1.165) is 21.7 Å². The first-order valence-electron chi connectivity index (χ1n) is 11.7. The van der Waals surface area contributed by atoms with Crippen LogP contribution in [0.5, 0.6) is 0 Å². The van der Waals surface area contributed by atoms with Crippen LogP contribution in [0.4, 0.5) is 5.69 Å². The van der Waals surface area contributed by atoms with Gasteiger partial charge in [0, 0.05) is 18.1 Å². The summed E-state index contributed by atoms with van der Waals surface area (Å²) in [5.74, 6) is -0.518. The van der Waals surface area contributed by atoms with E-state index < -0.39 is 28.5 Å². The Kier molecular flexibility index (Phi) is 10.2. The van der Waals surface area contributed by atoms with Gasteiger partial charge in [-0.15, -0.1) is 0 Å². The number of carbonyl (C=O) groups is 2. The van der Waals surface area contributed by atoms with Gasteiger partial charge in [-0.3, -0.25) is 13.9 Å². The van der Waals surface area contributed by atoms with Crippen LogP contribution in [0.15, 0.2) is 42.5 Å². The minimum absolute atomic E-state index is 0.0800. The third-order valence-corrected chi connectivity index (χ3v) is 7.16. The van der Waals surface area contributed by atoms with Crippen molar-refractivity contribution in [2.75, 3.05) is 23.7 Å². The Morgan fingerprint density at radius 1 is 1.09 bits per heavy atom. The summed E-state index contributed by atoms with van der Waals surface area (Å²) >= 11 is 6.37. The number of rotatable bonds is 11. The molecule has 192 valence electrons. The predicted octanol–water partition coefficient (Wildman–Crippen LogP) is 4.30. The van der Waals surface area contributed by atoms with E-state index in [0.29, 0.717) is 29.2 Å². The summed E-state index contributed by atoms with van der Waals surface area (Å²) in [6.07, 6.45) is 1.44. The van der Waals surface area contributed by atoms with Gasteiger partial charge in [-0.1, -0.05) is 68.3 Å². The van der Waals surface area contributed by atoms with Gasteiger partial charge < -0.3 is 10.2 Å². The molecule has 0 spiro atoms. The molecular formula is C26H36ClN3O4S. The van der Waals surface area contributed by atoms with Crippen LogP contribution >= 0.6 is 11.6 Å². The predicted molar refractivity (Wildman–Crippen MR) is 142 cm³/mol. The Labute approximate surface area is 214 Å². The second-order valence-corrected chi connectivity index (χ2v) is 11.5. The van der Waals surface area contributed by atoms with Crippen molar-refractivity contribution in [2.45, 2.75) is 53.6 Å². The second-order valence-electron chi connectivity index (χ2n) is 9.24. The Morgan fingerprint density at radius 2 is 1.74 bits per heavy atom. The van der Waals surface area contributed by atoms with Crippen LogP contribution in [0.2, 0.25) is 5.02 Å². The van der Waals surface area contributed by atoms with Crippen molar-refractivity contribution in [3.05, 3.63) is 64.2 Å². The first kappa shape index (κ1) is 28.7. The van der Waals surface area contributed by atoms with Crippen molar-refractivity contribution in [3.63, 3.8) is 0 Å². The van der Waals surface area contributed by atoms with Crippen LogP contribution in [0.3, 0.4) is 0 Å². The lowest BCUT2D eigenvalue weighted by Gasteiger charge is -2.33. The average molecular weight is 522 g/mol. The molecule has 0 bridgehead atoms. The van der Waals surface area contributed by atoms with E-state index in [-0.39, 0.29) is 18.4 Å². The number of hydrogen-bond donors (Lipinski definition) is 1. The Morgan fingerprint density at radius 3 is 2.29 bits per heavy atom. The van der Waals surface area contributed by atoms with Gasteiger partial charge in [0.1, 0.15) is 12.6 Å². The molecule has 1 N–H and O–H groups in total. The normalized spacial score (nSPS) is 12.3. The maximum Gasteiger partial charge on any atom is 0.244 e. The minimum Gasteiger partial charge on any atom is -0.354 e. The highest BCUT2D eigenvalue weighted by atomic mass is 35.5. The maximum atomic E-state index is 13.7. The quantitative estimate of drug-likeness (QED) is 0.477. The van der Waals surface area contributed by atoms with Crippen LogP contribution in [-0.2, 0) is 26.2 Å². The monoisotopic (exact) mass is 521 g/mol. The number of halogens is 1. The number of aryl methyl sites for hydroxylation is 2. The van der Waals surface area contributed by atoms with Crippen LogP contribution in [0, 0.1) is 19.8 Å². The number of nitrogens with zero attached hydrogens (tertiary/aromatic N) is 2. The van der Waals surface area contributed by atoms with Crippen molar-refractivity contribution in [2.24, 2.45) is 5.92 Å². The third kappa shape index (κ3) is 7.97. The van der Waals surface area contributed by atoms with E-state index in [4.69, 9.17) is 11.6 Å². The van der Waals surface area contributed by atoms with Crippen molar-refractivity contribution < 1.29 is 18.0 Å². The number of anilines is 1. The van der Waals surface area contributed by atoms with E-state index in [1.54, 1.807) is 37.3 Å². The van der Waals surface area contributed by atoms with Gasteiger partial charge in [0.2, 0.25) is 21.8 Å². The molecule has 0 saturated carbocycles. The highest BCUT2D eigenvalue weighted by molar-refractivity contribution is 7.92. The molecule has 0 aliphatic rings. The van der Waals surface area contributed by atoms with Crippen LogP contribution in [0.25, 0.3) is 0 Å². The number of benzene rings is 2. The van der Waals surface area contributed by atoms with E-state index in [9.17, 15) is 18.0 Å². The number of carbonyl (C=O) groups excluding carboxylic acids is 2. The highest BCUT2D eigenvalue weighted by Crippen LogP contribution is 2.25. The molecule has 0 radical (unpaired) electrons. The van der Waals surface area contributed by atoms with Crippen molar-refractivity contribution in [3.8, 4) is 0 Å². The Bertz CT molecular complexity index is 1150. The zero-order valence-corrected chi connectivity index (χ0v) is 22.9. The molecule has 0 aliphatic carbocycles. The number of sulfonamides is 1. The molecule has 35 heavy (non-hydrogen) atoms. The van der Waals surface area contributed by atoms with Crippen molar-refractivity contribution in [1.82, 2.24) is 10.2 Å². The van der Waals surface area contributed by atoms with Crippen LogP contribution < -0.4 is 9.62 Å². The molecule has 2 rings (SSSR count). The van der Waals surface area contributed by atoms with E-state index >= 15 is 0 Å². The first-order valence-corrected chi connectivity index (χ1v) is 13.9. The molecule has 0 heterocycles. The zero-order chi connectivity index (χ0) is 26.3. The average Bonchev–Trinajstić information content (AvgIpc) is 2.76. The Hall–Kier alpha value is -2.58. The van der Waals surface area contributed by atoms with Gasteiger partial charge in [0.15, 0.2) is 0 Å². The molecule has 0 saturated heterocycles. The molecule has 0 fully saturated rings. The molecule has 1 atom stereocenters. The van der Waals surface area contributed by atoms with Gasteiger partial charge in [-0.2, -0.15) is 0 Å². The molecule has 2 aromatic rings. The summed E-state index contributed by atoms with van der Waals surface area (Å²) in [7, 11) is -3.78. The molecule has 0 aliphatic heterocycles. The maximum absolute atomic E-state index is 13.7. The van der Waals surface area contributed by atoms with E-state index in [2.05, 4.69) is 5.32 Å². The van der Waals surface area contributed by atoms with Gasteiger partial charge >= 0.3 is 0 Å². The van der Waals surface area contributed by atoms with E-state index in [1.807, 2.05) is 39.8 Å². The smallest absolute Gasteiger partial charge is 0.244 e. The topological polar surface area (TPSA) is 86.8 Å². The Balaban J connectivity index is 2.47. The molecule has 9 heteroatoms. The van der Waals surface area contributed by atoms with Crippen LogP contribution in [0.1, 0.15) is 43.9 Å². The summed E-state index contributed by atoms with van der Waals surface area (Å²) in [5.41, 5.74) is 2.83. The summed E-state index contributed by atoms with van der Waals surface area (Å²) in [6, 6.07) is 11.7. The molecule has 2 amide bonds. The fourth-order valence-electron chi connectivity index (χ4n) is 3.83. The van der Waals surface area contributed by atoms with Gasteiger partial charge in [-0.05, 0) is 49.4 Å². The summed E-state index contributed by atoms with van der Waals surface area (Å²) in [6.45, 7) is 9.65. The zero-order valence-electron chi connectivity index (χ0n) is 21.3. The lowest BCUT2D eigenvalue weighted by atomic mass is 10.1. The summed E-state index contributed by atoms with van der Waals surface area (Å²) < 4.78 is 26.6. The number of hydrogen-bond acceptors (Lipinski definition) is 4. The summed E-state index contributed by atoms with van der Waals surface area (Å²) in [4.78, 5) is 28.2. The SMILES string of the molecule is CC[C@@H](C(=O)NCC(C)C)N(Cc1ccccc1Cl)C(=O)CN(c1ccc(C)cc1C)S(C)(=O)=O. The fraction of sp³-hybridized carbons (Fsp3) is 0.462. The molecule has 7 nitrogen and oxygen atoms in total. The lowest BCUT2D eigenvalue weighted by molar-refractivity contribution is -0.140. The van der Waals surface area contributed by atoms with E-state index in [1.165, 1.54) is 4.90 Å². The highest BCUT2D eigenvalue weighted by Gasteiger charge is 2.32. The number of nitrogens with one attached hydrogen (secondary N) is 1. The van der Waals surface area contributed by atoms with Gasteiger partial charge in [0.05, 0.1) is 11.9 Å². The first-order chi connectivity index (χ1) is 16.3. The summed E-state index contributed by atoms with van der Waals surface area (Å²) in [5, 5.41) is 3.37. The largest absolute Gasteiger partial charge is 0.354 e. The third-order valence-electron chi connectivity index (χ3n) is 5.67. The van der Waals surface area contributed by atoms with Crippen LogP contribution in [-0.4, -0.2) is 50.5 Å². The standard InChI is InChI=1S/C26H36ClN3O4S/c1-7-23(26(32)28-15-18(2)3)29(16-21-10-8-9-11-22(21)27)25(31)17-30(35(6,33)34)24-13-12-19(4)14-20(24)5/h8-14,18,23H,7,15-17H2,1-6H3,(H,28,32)/t23-/m0/s1. The number of amides is 2. The lowest BCUT2D eigenvalue weighted by Crippen LogP contribution is -2.52. The van der Waals surface area contributed by atoms with Gasteiger partial charge in [0.25, 0.3) is 0 Å². The van der Waals surface area contributed by atoms with Gasteiger partial charge in [-0.25, -0.2) is 8.42 Å². The fourth-order valence-corrected chi connectivity index (χ4v) is 4.93.